The van der Waals surface area contributed by atoms with Crippen molar-refractivity contribution in [2.24, 2.45) is 0 Å². The molecule has 0 saturated carbocycles. The minimum Gasteiger partial charge on any atom is -0.470 e. The number of hydrogen-bond acceptors (Lipinski definition) is 7. The molecule has 0 fully saturated rings. The molecule has 1 rings (SSSR count). The van der Waals surface area contributed by atoms with Gasteiger partial charge in [-0.15, -0.1) is 0 Å². The Kier molecular flexibility index (Phi) is 4.93. The SMILES string of the molecule is CCOCCOc1ncc([N+](=O)[O-])cc1[N+](=O)[O-]. The summed E-state index contributed by atoms with van der Waals surface area (Å²) >= 11 is 0. The zero-order valence-electron chi connectivity index (χ0n) is 9.57. The third-order valence-corrected chi connectivity index (χ3v) is 1.90. The summed E-state index contributed by atoms with van der Waals surface area (Å²) in [7, 11) is 0. The highest BCUT2D eigenvalue weighted by Crippen LogP contribution is 2.27. The number of hydrogen-bond donors (Lipinski definition) is 0. The van der Waals surface area contributed by atoms with Gasteiger partial charge in [0, 0.05) is 6.61 Å². The zero-order valence-corrected chi connectivity index (χ0v) is 9.57. The normalized spacial score (nSPS) is 10.1. The van der Waals surface area contributed by atoms with Gasteiger partial charge in [0.05, 0.1) is 16.5 Å². The molecule has 0 radical (unpaired) electrons. The van der Waals surface area contributed by atoms with Gasteiger partial charge < -0.3 is 9.47 Å². The summed E-state index contributed by atoms with van der Waals surface area (Å²) in [6.45, 7) is 2.64. The fourth-order valence-corrected chi connectivity index (χ4v) is 1.11. The smallest absolute Gasteiger partial charge is 0.337 e. The van der Waals surface area contributed by atoms with Crippen molar-refractivity contribution in [1.82, 2.24) is 4.98 Å². The second-order valence-electron chi connectivity index (χ2n) is 3.08. The van der Waals surface area contributed by atoms with Gasteiger partial charge >= 0.3 is 5.69 Å². The van der Waals surface area contributed by atoms with Gasteiger partial charge in [0.15, 0.2) is 0 Å². The van der Waals surface area contributed by atoms with Gasteiger partial charge in [-0.05, 0) is 6.92 Å². The molecular weight excluding hydrogens is 246 g/mol. The maximum absolute atomic E-state index is 10.7. The van der Waals surface area contributed by atoms with Crippen LogP contribution < -0.4 is 4.74 Å². The first-order valence-electron chi connectivity index (χ1n) is 5.05. The maximum Gasteiger partial charge on any atom is 0.337 e. The molecule has 0 aliphatic carbocycles. The highest BCUT2D eigenvalue weighted by Gasteiger charge is 2.22. The first-order chi connectivity index (χ1) is 8.56. The maximum atomic E-state index is 10.7. The van der Waals surface area contributed by atoms with E-state index in [1.165, 1.54) is 0 Å². The van der Waals surface area contributed by atoms with Gasteiger partial charge in [0.2, 0.25) is 0 Å². The van der Waals surface area contributed by atoms with E-state index in [4.69, 9.17) is 9.47 Å². The van der Waals surface area contributed by atoms with Gasteiger partial charge in [-0.1, -0.05) is 0 Å². The molecule has 9 heteroatoms. The van der Waals surface area contributed by atoms with Crippen LogP contribution >= 0.6 is 0 Å². The highest BCUT2D eigenvalue weighted by atomic mass is 16.6. The summed E-state index contributed by atoms with van der Waals surface area (Å²) in [5, 5.41) is 21.2. The quantitative estimate of drug-likeness (QED) is 0.410. The molecule has 0 unspecified atom stereocenters. The molecule has 0 aliphatic heterocycles. The van der Waals surface area contributed by atoms with E-state index >= 15 is 0 Å². The minimum absolute atomic E-state index is 0.0828. The van der Waals surface area contributed by atoms with E-state index < -0.39 is 21.2 Å². The highest BCUT2D eigenvalue weighted by molar-refractivity contribution is 5.48. The average molecular weight is 257 g/mol. The molecule has 0 saturated heterocycles. The van der Waals surface area contributed by atoms with Crippen molar-refractivity contribution >= 4 is 11.4 Å². The number of aromatic nitrogens is 1. The van der Waals surface area contributed by atoms with Crippen LogP contribution in [-0.4, -0.2) is 34.7 Å². The van der Waals surface area contributed by atoms with Crippen LogP contribution in [0.4, 0.5) is 11.4 Å². The number of nitrogens with zero attached hydrogens (tertiary/aromatic N) is 3. The molecule has 98 valence electrons. The van der Waals surface area contributed by atoms with Crippen molar-refractivity contribution in [3.8, 4) is 5.88 Å². The molecule has 0 aliphatic rings. The lowest BCUT2D eigenvalue weighted by Gasteiger charge is -2.05. The van der Waals surface area contributed by atoms with Gasteiger partial charge in [0.25, 0.3) is 11.6 Å². The molecule has 18 heavy (non-hydrogen) atoms. The lowest BCUT2D eigenvalue weighted by atomic mass is 10.3. The standard InChI is InChI=1S/C9H11N3O6/c1-2-17-3-4-18-9-8(12(15)16)5-7(6-10-9)11(13)14/h5-6H,2-4H2,1H3. The molecule has 0 N–H and O–H groups in total. The molecule has 0 aromatic carbocycles. The van der Waals surface area contributed by atoms with Crippen LogP contribution in [0, 0.1) is 20.2 Å². The molecule has 1 heterocycles. The Bertz CT molecular complexity index is 450. The summed E-state index contributed by atoms with van der Waals surface area (Å²) in [6, 6.07) is 0.809. The Labute approximate surface area is 102 Å². The Balaban J connectivity index is 2.83. The van der Waals surface area contributed by atoms with Crippen LogP contribution in [0.1, 0.15) is 6.92 Å². The Morgan fingerprint density at radius 1 is 1.28 bits per heavy atom. The summed E-state index contributed by atoms with van der Waals surface area (Å²) in [4.78, 5) is 23.2. The van der Waals surface area contributed by atoms with Crippen molar-refractivity contribution in [2.45, 2.75) is 6.92 Å². The van der Waals surface area contributed by atoms with Gasteiger partial charge in [-0.3, -0.25) is 20.2 Å². The van der Waals surface area contributed by atoms with Crippen molar-refractivity contribution in [1.29, 1.82) is 0 Å². The predicted molar refractivity (Wildman–Crippen MR) is 59.5 cm³/mol. The monoisotopic (exact) mass is 257 g/mol. The summed E-state index contributed by atoms with van der Waals surface area (Å²) in [6.07, 6.45) is 0.906. The average Bonchev–Trinajstić information content (AvgIpc) is 2.34. The first kappa shape index (κ1) is 13.8. The van der Waals surface area contributed by atoms with Crippen molar-refractivity contribution in [2.75, 3.05) is 19.8 Å². The molecule has 0 bridgehead atoms. The number of ether oxygens (including phenoxy) is 2. The lowest BCUT2D eigenvalue weighted by molar-refractivity contribution is -0.395. The molecule has 1 aromatic heterocycles. The summed E-state index contributed by atoms with van der Waals surface area (Å²) < 4.78 is 10.0. The molecule has 0 atom stereocenters. The van der Waals surface area contributed by atoms with Crippen molar-refractivity contribution in [3.05, 3.63) is 32.5 Å². The van der Waals surface area contributed by atoms with E-state index in [0.29, 0.717) is 6.61 Å². The van der Waals surface area contributed by atoms with Crippen LogP contribution in [0.5, 0.6) is 5.88 Å². The Morgan fingerprint density at radius 2 is 2.00 bits per heavy atom. The van der Waals surface area contributed by atoms with Gasteiger partial charge in [-0.2, -0.15) is 0 Å². The van der Waals surface area contributed by atoms with E-state index in [9.17, 15) is 20.2 Å². The second-order valence-corrected chi connectivity index (χ2v) is 3.08. The molecule has 0 spiro atoms. The summed E-state index contributed by atoms with van der Waals surface area (Å²) in [5.41, 5.74) is -1.00. The Morgan fingerprint density at radius 3 is 2.56 bits per heavy atom. The van der Waals surface area contributed by atoms with Crippen LogP contribution in [0.3, 0.4) is 0 Å². The van der Waals surface area contributed by atoms with E-state index in [0.717, 1.165) is 12.3 Å². The third-order valence-electron chi connectivity index (χ3n) is 1.90. The van der Waals surface area contributed by atoms with Crippen LogP contribution in [-0.2, 0) is 4.74 Å². The van der Waals surface area contributed by atoms with Gasteiger partial charge in [0.1, 0.15) is 18.9 Å². The van der Waals surface area contributed by atoms with E-state index in [1.807, 2.05) is 0 Å². The molecular formula is C9H11N3O6. The number of pyridine rings is 1. The Hall–Kier alpha value is -2.29. The number of rotatable bonds is 7. The summed E-state index contributed by atoms with van der Waals surface area (Å²) in [5.74, 6) is -0.259. The number of nitro groups is 2. The second kappa shape index (κ2) is 6.45. The zero-order chi connectivity index (χ0) is 13.5. The van der Waals surface area contributed by atoms with Crippen LogP contribution in [0.25, 0.3) is 0 Å². The first-order valence-corrected chi connectivity index (χ1v) is 5.05. The third kappa shape index (κ3) is 3.63. The molecule has 9 nitrogen and oxygen atoms in total. The lowest BCUT2D eigenvalue weighted by Crippen LogP contribution is -2.09. The van der Waals surface area contributed by atoms with E-state index in [1.54, 1.807) is 6.92 Å². The fourth-order valence-electron chi connectivity index (χ4n) is 1.11. The van der Waals surface area contributed by atoms with Crippen molar-refractivity contribution in [3.63, 3.8) is 0 Å². The molecule has 1 aromatic rings. The van der Waals surface area contributed by atoms with Crippen molar-refractivity contribution < 1.29 is 19.3 Å². The van der Waals surface area contributed by atoms with Crippen LogP contribution in [0.15, 0.2) is 12.3 Å². The van der Waals surface area contributed by atoms with Gasteiger partial charge in [-0.25, -0.2) is 4.98 Å². The predicted octanol–water partition coefficient (Wildman–Crippen LogP) is 1.31. The largest absolute Gasteiger partial charge is 0.470 e. The van der Waals surface area contributed by atoms with E-state index in [-0.39, 0.29) is 19.1 Å². The fraction of sp³-hybridized carbons (Fsp3) is 0.444. The topological polar surface area (TPSA) is 118 Å². The molecule has 0 amide bonds. The minimum atomic E-state index is -0.782. The van der Waals surface area contributed by atoms with E-state index in [2.05, 4.69) is 4.98 Å². The van der Waals surface area contributed by atoms with Crippen LogP contribution in [0.2, 0.25) is 0 Å².